The van der Waals surface area contributed by atoms with Gasteiger partial charge in [0.2, 0.25) is 0 Å². The van der Waals surface area contributed by atoms with Gasteiger partial charge in [-0.15, -0.1) is 0 Å². The highest BCUT2D eigenvalue weighted by molar-refractivity contribution is 4.82. The molecule has 0 spiro atoms. The summed E-state index contributed by atoms with van der Waals surface area (Å²) in [6.07, 6.45) is 5.12. The van der Waals surface area contributed by atoms with E-state index < -0.39 is 0 Å². The molecule has 0 aliphatic heterocycles. The monoisotopic (exact) mass is 200 g/mol. The van der Waals surface area contributed by atoms with Crippen molar-refractivity contribution in [1.29, 1.82) is 0 Å². The minimum atomic E-state index is 0.596. The molecule has 1 rings (SSSR count). The molecule has 0 aromatic carbocycles. The minimum Gasteiger partial charge on any atom is -0.385 e. The number of rotatable bonds is 9. The molecule has 3 nitrogen and oxygen atoms in total. The molecule has 1 atom stereocenters. The van der Waals surface area contributed by atoms with Gasteiger partial charge in [0.05, 0.1) is 0 Å². The van der Waals surface area contributed by atoms with Crippen LogP contribution in [-0.2, 0) is 4.74 Å². The van der Waals surface area contributed by atoms with Gasteiger partial charge in [-0.05, 0) is 39.2 Å². The molecular formula is C11H24N2O. The van der Waals surface area contributed by atoms with Crippen molar-refractivity contribution in [1.82, 2.24) is 10.6 Å². The smallest absolute Gasteiger partial charge is 0.0462 e. The van der Waals surface area contributed by atoms with Crippen LogP contribution in [0.25, 0.3) is 0 Å². The summed E-state index contributed by atoms with van der Waals surface area (Å²) in [5, 5.41) is 7.03. The fourth-order valence-electron chi connectivity index (χ4n) is 1.42. The van der Waals surface area contributed by atoms with Crippen molar-refractivity contribution in [3.8, 4) is 0 Å². The molecule has 0 saturated heterocycles. The number of ether oxygens (including phenoxy) is 1. The Morgan fingerprint density at radius 2 is 2.14 bits per heavy atom. The molecule has 1 aliphatic carbocycles. The highest BCUT2D eigenvalue weighted by atomic mass is 16.5. The van der Waals surface area contributed by atoms with E-state index in [9.17, 15) is 0 Å². The lowest BCUT2D eigenvalue weighted by Gasteiger charge is -2.14. The Hall–Kier alpha value is -0.120. The van der Waals surface area contributed by atoms with E-state index in [4.69, 9.17) is 4.74 Å². The molecule has 1 aliphatic rings. The van der Waals surface area contributed by atoms with Gasteiger partial charge in [0.15, 0.2) is 0 Å². The highest BCUT2D eigenvalue weighted by Gasteiger charge is 2.20. The third-order valence-electron chi connectivity index (χ3n) is 2.56. The second-order valence-electron chi connectivity index (χ2n) is 4.24. The first-order valence-corrected chi connectivity index (χ1v) is 5.78. The topological polar surface area (TPSA) is 33.3 Å². The molecule has 14 heavy (non-hydrogen) atoms. The van der Waals surface area contributed by atoms with Gasteiger partial charge >= 0.3 is 0 Å². The SMILES string of the molecule is COCCCCNC(C)CNC1CC1. The lowest BCUT2D eigenvalue weighted by molar-refractivity contribution is 0.192. The first kappa shape index (κ1) is 12.0. The fraction of sp³-hybridized carbons (Fsp3) is 1.00. The van der Waals surface area contributed by atoms with Crippen LogP contribution < -0.4 is 10.6 Å². The molecule has 84 valence electrons. The van der Waals surface area contributed by atoms with E-state index in [1.807, 2.05) is 0 Å². The van der Waals surface area contributed by atoms with Crippen LogP contribution in [-0.4, -0.2) is 38.9 Å². The normalized spacial score (nSPS) is 18.4. The van der Waals surface area contributed by atoms with Gasteiger partial charge in [-0.1, -0.05) is 0 Å². The lowest BCUT2D eigenvalue weighted by Crippen LogP contribution is -2.37. The molecular weight excluding hydrogens is 176 g/mol. The van der Waals surface area contributed by atoms with E-state index in [2.05, 4.69) is 17.6 Å². The van der Waals surface area contributed by atoms with E-state index >= 15 is 0 Å². The first-order valence-electron chi connectivity index (χ1n) is 5.78. The zero-order chi connectivity index (χ0) is 10.2. The van der Waals surface area contributed by atoms with Gasteiger partial charge in [-0.3, -0.25) is 0 Å². The van der Waals surface area contributed by atoms with Gasteiger partial charge in [-0.25, -0.2) is 0 Å². The van der Waals surface area contributed by atoms with E-state index in [-0.39, 0.29) is 0 Å². The molecule has 0 bridgehead atoms. The predicted octanol–water partition coefficient (Wildman–Crippen LogP) is 1.14. The molecule has 1 unspecified atom stereocenters. The van der Waals surface area contributed by atoms with E-state index in [1.165, 1.54) is 19.3 Å². The zero-order valence-corrected chi connectivity index (χ0v) is 9.51. The third-order valence-corrected chi connectivity index (χ3v) is 2.56. The number of unbranched alkanes of at least 4 members (excludes halogenated alkanes) is 1. The molecule has 0 aromatic heterocycles. The molecule has 0 amide bonds. The van der Waals surface area contributed by atoms with Crippen LogP contribution in [0.15, 0.2) is 0 Å². The number of hydrogen-bond acceptors (Lipinski definition) is 3. The Morgan fingerprint density at radius 3 is 2.79 bits per heavy atom. The Morgan fingerprint density at radius 1 is 1.36 bits per heavy atom. The standard InChI is InChI=1S/C11H24N2O/c1-10(9-13-11-5-6-11)12-7-3-4-8-14-2/h10-13H,3-9H2,1-2H3. The summed E-state index contributed by atoms with van der Waals surface area (Å²) >= 11 is 0. The van der Waals surface area contributed by atoms with E-state index in [0.29, 0.717) is 6.04 Å². The quantitative estimate of drug-likeness (QED) is 0.548. The Labute approximate surface area is 87.6 Å². The summed E-state index contributed by atoms with van der Waals surface area (Å²) in [7, 11) is 1.76. The van der Waals surface area contributed by atoms with Crippen LogP contribution >= 0.6 is 0 Å². The number of methoxy groups -OCH3 is 1. The van der Waals surface area contributed by atoms with Crippen LogP contribution in [0.3, 0.4) is 0 Å². The van der Waals surface area contributed by atoms with Crippen molar-refractivity contribution < 1.29 is 4.74 Å². The summed E-state index contributed by atoms with van der Waals surface area (Å²) in [6.45, 7) is 5.34. The summed E-state index contributed by atoms with van der Waals surface area (Å²) in [4.78, 5) is 0. The number of nitrogens with one attached hydrogen (secondary N) is 2. The Bertz CT molecular complexity index is 137. The molecule has 0 aromatic rings. The summed E-state index contributed by atoms with van der Waals surface area (Å²) in [6, 6.07) is 1.42. The van der Waals surface area contributed by atoms with Crippen molar-refractivity contribution in [2.45, 2.75) is 44.7 Å². The minimum absolute atomic E-state index is 0.596. The second-order valence-corrected chi connectivity index (χ2v) is 4.24. The Balaban J connectivity index is 1.79. The maximum absolute atomic E-state index is 5.00. The van der Waals surface area contributed by atoms with Crippen LogP contribution in [0, 0.1) is 0 Å². The molecule has 0 heterocycles. The third kappa shape index (κ3) is 6.35. The van der Waals surface area contributed by atoms with Gasteiger partial charge in [0.1, 0.15) is 0 Å². The van der Waals surface area contributed by atoms with Gasteiger partial charge in [0, 0.05) is 32.3 Å². The van der Waals surface area contributed by atoms with Crippen molar-refractivity contribution >= 4 is 0 Å². The average Bonchev–Trinajstić information content (AvgIpc) is 2.98. The van der Waals surface area contributed by atoms with Crippen LogP contribution in [0.1, 0.15) is 32.6 Å². The molecule has 2 N–H and O–H groups in total. The van der Waals surface area contributed by atoms with Crippen molar-refractivity contribution in [3.05, 3.63) is 0 Å². The largest absolute Gasteiger partial charge is 0.385 e. The van der Waals surface area contributed by atoms with Crippen molar-refractivity contribution in [3.63, 3.8) is 0 Å². The maximum atomic E-state index is 5.00. The maximum Gasteiger partial charge on any atom is 0.0462 e. The lowest BCUT2D eigenvalue weighted by atomic mass is 10.3. The highest BCUT2D eigenvalue weighted by Crippen LogP contribution is 2.18. The zero-order valence-electron chi connectivity index (χ0n) is 9.51. The molecule has 3 heteroatoms. The van der Waals surface area contributed by atoms with Crippen LogP contribution in [0.4, 0.5) is 0 Å². The van der Waals surface area contributed by atoms with Crippen molar-refractivity contribution in [2.75, 3.05) is 26.8 Å². The van der Waals surface area contributed by atoms with Gasteiger partial charge in [0.25, 0.3) is 0 Å². The summed E-state index contributed by atoms with van der Waals surface area (Å²) in [5.74, 6) is 0. The predicted molar refractivity (Wildman–Crippen MR) is 59.6 cm³/mol. The van der Waals surface area contributed by atoms with E-state index in [0.717, 1.165) is 32.2 Å². The fourth-order valence-corrected chi connectivity index (χ4v) is 1.42. The van der Waals surface area contributed by atoms with Crippen molar-refractivity contribution in [2.24, 2.45) is 0 Å². The average molecular weight is 200 g/mol. The molecule has 0 radical (unpaired) electrons. The summed E-state index contributed by atoms with van der Waals surface area (Å²) in [5.41, 5.74) is 0. The van der Waals surface area contributed by atoms with Crippen LogP contribution in [0.5, 0.6) is 0 Å². The second kappa shape index (κ2) is 7.21. The first-order chi connectivity index (χ1) is 6.83. The molecule has 1 saturated carbocycles. The van der Waals surface area contributed by atoms with Gasteiger partial charge < -0.3 is 15.4 Å². The van der Waals surface area contributed by atoms with Crippen LogP contribution in [0.2, 0.25) is 0 Å². The van der Waals surface area contributed by atoms with E-state index in [1.54, 1.807) is 7.11 Å². The molecule has 1 fully saturated rings. The summed E-state index contributed by atoms with van der Waals surface area (Å²) < 4.78 is 5.00. The Kier molecular flexibility index (Phi) is 6.15. The van der Waals surface area contributed by atoms with Gasteiger partial charge in [-0.2, -0.15) is 0 Å². The number of hydrogen-bond donors (Lipinski definition) is 2.